The third-order valence-corrected chi connectivity index (χ3v) is 4.59. The molecule has 1 aromatic rings. The molecule has 2 aliphatic rings. The van der Waals surface area contributed by atoms with Crippen LogP contribution >= 0.6 is 0 Å². The molecular weight excluding hydrogens is 270 g/mol. The van der Waals surface area contributed by atoms with Gasteiger partial charge in [-0.3, -0.25) is 9.59 Å². The maximum Gasteiger partial charge on any atom is 0.307 e. The van der Waals surface area contributed by atoms with Gasteiger partial charge in [-0.25, -0.2) is 0 Å². The zero-order valence-electron chi connectivity index (χ0n) is 12.2. The number of furan rings is 1. The average Bonchev–Trinajstić information content (AvgIpc) is 3.12. The number of carbonyl (C=O) groups excluding carboxylic acids is 1. The summed E-state index contributed by atoms with van der Waals surface area (Å²) in [6, 6.07) is 3.70. The summed E-state index contributed by atoms with van der Waals surface area (Å²) in [7, 11) is 1.70. The fourth-order valence-electron chi connectivity index (χ4n) is 3.63. The maximum absolute atomic E-state index is 12.6. The van der Waals surface area contributed by atoms with E-state index in [0.717, 1.165) is 12.2 Å². The molecule has 0 saturated heterocycles. The molecule has 3 rings (SSSR count). The van der Waals surface area contributed by atoms with Gasteiger partial charge in [0.25, 0.3) is 0 Å². The summed E-state index contributed by atoms with van der Waals surface area (Å²) in [5.74, 6) is -0.427. The quantitative estimate of drug-likeness (QED) is 0.861. The second-order valence-electron chi connectivity index (χ2n) is 6.04. The minimum Gasteiger partial charge on any atom is -0.481 e. The number of hydrogen-bond acceptors (Lipinski definition) is 3. The van der Waals surface area contributed by atoms with E-state index in [1.807, 2.05) is 31.2 Å². The van der Waals surface area contributed by atoms with Gasteiger partial charge in [0.2, 0.25) is 5.91 Å². The molecule has 0 spiro atoms. The minimum atomic E-state index is -0.868. The summed E-state index contributed by atoms with van der Waals surface area (Å²) in [5, 5.41) is 9.41. The minimum absolute atomic E-state index is 0.000655. The highest BCUT2D eigenvalue weighted by atomic mass is 16.4. The van der Waals surface area contributed by atoms with Crippen LogP contribution in [0, 0.1) is 30.6 Å². The molecule has 1 amide bonds. The number of aliphatic carboxylic acids is 1. The number of aryl methyl sites for hydroxylation is 1. The number of amides is 1. The van der Waals surface area contributed by atoms with Crippen molar-refractivity contribution >= 4 is 11.9 Å². The Kier molecular flexibility index (Phi) is 3.35. The molecule has 5 heteroatoms. The molecule has 21 heavy (non-hydrogen) atoms. The zero-order valence-corrected chi connectivity index (χ0v) is 12.2. The Hall–Kier alpha value is -2.04. The lowest BCUT2D eigenvalue weighted by atomic mass is 9.82. The van der Waals surface area contributed by atoms with Crippen molar-refractivity contribution in [3.8, 4) is 0 Å². The number of hydrogen-bond donors (Lipinski definition) is 1. The third-order valence-electron chi connectivity index (χ3n) is 4.59. The molecule has 4 unspecified atom stereocenters. The number of rotatable bonds is 4. The zero-order chi connectivity index (χ0) is 15.1. The monoisotopic (exact) mass is 289 g/mol. The molecule has 1 heterocycles. The van der Waals surface area contributed by atoms with Gasteiger partial charge < -0.3 is 14.4 Å². The van der Waals surface area contributed by atoms with E-state index in [1.54, 1.807) is 11.9 Å². The number of carboxylic acid groups (broad SMARTS) is 1. The summed E-state index contributed by atoms with van der Waals surface area (Å²) in [5.41, 5.74) is 0. The van der Waals surface area contributed by atoms with Gasteiger partial charge in [0.05, 0.1) is 18.4 Å². The van der Waals surface area contributed by atoms with Gasteiger partial charge in [0.1, 0.15) is 11.5 Å². The Morgan fingerprint density at radius 3 is 2.52 bits per heavy atom. The molecule has 0 aromatic carbocycles. The van der Waals surface area contributed by atoms with E-state index in [0.29, 0.717) is 12.3 Å². The maximum atomic E-state index is 12.6. The van der Waals surface area contributed by atoms with Crippen LogP contribution in [0.4, 0.5) is 0 Å². The Labute approximate surface area is 123 Å². The Morgan fingerprint density at radius 1 is 1.29 bits per heavy atom. The van der Waals surface area contributed by atoms with Crippen LogP contribution in [0.3, 0.4) is 0 Å². The number of fused-ring (bicyclic) bond motifs is 2. The van der Waals surface area contributed by atoms with Crippen molar-refractivity contribution in [1.29, 1.82) is 0 Å². The lowest BCUT2D eigenvalue weighted by molar-refractivity contribution is -0.150. The largest absolute Gasteiger partial charge is 0.481 e. The number of allylic oxidation sites excluding steroid dienone is 2. The van der Waals surface area contributed by atoms with E-state index in [4.69, 9.17) is 4.42 Å². The van der Waals surface area contributed by atoms with Crippen molar-refractivity contribution in [2.75, 3.05) is 7.05 Å². The van der Waals surface area contributed by atoms with Crippen LogP contribution in [0.1, 0.15) is 17.9 Å². The van der Waals surface area contributed by atoms with Crippen molar-refractivity contribution < 1.29 is 19.1 Å². The molecule has 2 aliphatic carbocycles. The standard InChI is InChI=1S/C16H19NO4/c1-9-3-6-12(21-9)8-17(2)15(18)13-10-4-5-11(7-10)14(13)16(19)20/h3-6,10-11,13-14H,7-8H2,1-2H3,(H,19,20). The Morgan fingerprint density at radius 2 is 1.95 bits per heavy atom. The summed E-state index contributed by atoms with van der Waals surface area (Å²) in [6.07, 6.45) is 4.72. The van der Waals surface area contributed by atoms with Gasteiger partial charge in [-0.2, -0.15) is 0 Å². The van der Waals surface area contributed by atoms with Crippen molar-refractivity contribution in [2.45, 2.75) is 19.9 Å². The second-order valence-corrected chi connectivity index (χ2v) is 6.04. The molecule has 1 saturated carbocycles. The first-order valence-corrected chi connectivity index (χ1v) is 7.19. The highest BCUT2D eigenvalue weighted by Crippen LogP contribution is 2.48. The SMILES string of the molecule is Cc1ccc(CN(C)C(=O)C2C3C=CC(C3)C2C(=O)O)o1. The van der Waals surface area contributed by atoms with Crippen LogP contribution in [0.15, 0.2) is 28.7 Å². The van der Waals surface area contributed by atoms with Crippen molar-refractivity contribution in [3.05, 3.63) is 35.8 Å². The molecule has 1 N–H and O–H groups in total. The van der Waals surface area contributed by atoms with Crippen LogP contribution in [-0.2, 0) is 16.1 Å². The predicted molar refractivity (Wildman–Crippen MR) is 75.3 cm³/mol. The van der Waals surface area contributed by atoms with Crippen molar-refractivity contribution in [1.82, 2.24) is 4.90 Å². The fourth-order valence-corrected chi connectivity index (χ4v) is 3.63. The first-order chi connectivity index (χ1) is 9.97. The fraction of sp³-hybridized carbons (Fsp3) is 0.500. The second kappa shape index (κ2) is 5.06. The molecule has 0 aliphatic heterocycles. The van der Waals surface area contributed by atoms with E-state index in [9.17, 15) is 14.7 Å². The number of nitrogens with zero attached hydrogens (tertiary/aromatic N) is 1. The van der Waals surface area contributed by atoms with Crippen LogP contribution < -0.4 is 0 Å². The Balaban J connectivity index is 1.74. The van der Waals surface area contributed by atoms with Crippen LogP contribution in [0.2, 0.25) is 0 Å². The number of carboxylic acids is 1. The van der Waals surface area contributed by atoms with E-state index < -0.39 is 17.8 Å². The molecule has 5 nitrogen and oxygen atoms in total. The predicted octanol–water partition coefficient (Wildman–Crippen LogP) is 2.07. The summed E-state index contributed by atoms with van der Waals surface area (Å²) >= 11 is 0. The lowest BCUT2D eigenvalue weighted by Gasteiger charge is -2.28. The van der Waals surface area contributed by atoms with Gasteiger partial charge >= 0.3 is 5.97 Å². The van der Waals surface area contributed by atoms with E-state index in [2.05, 4.69) is 0 Å². The third kappa shape index (κ3) is 2.37. The first-order valence-electron chi connectivity index (χ1n) is 7.19. The van der Waals surface area contributed by atoms with Crippen LogP contribution in [0.5, 0.6) is 0 Å². The molecule has 2 bridgehead atoms. The van der Waals surface area contributed by atoms with E-state index in [1.165, 1.54) is 0 Å². The topological polar surface area (TPSA) is 70.8 Å². The number of carbonyl (C=O) groups is 2. The van der Waals surface area contributed by atoms with Gasteiger partial charge in [0, 0.05) is 7.05 Å². The van der Waals surface area contributed by atoms with Crippen LogP contribution in [0.25, 0.3) is 0 Å². The Bertz CT molecular complexity index is 603. The molecule has 112 valence electrons. The lowest BCUT2D eigenvalue weighted by Crippen LogP contribution is -2.40. The highest BCUT2D eigenvalue weighted by Gasteiger charge is 2.52. The molecule has 1 aromatic heterocycles. The van der Waals surface area contributed by atoms with Gasteiger partial charge in [0.15, 0.2) is 0 Å². The van der Waals surface area contributed by atoms with Crippen molar-refractivity contribution in [2.24, 2.45) is 23.7 Å². The van der Waals surface area contributed by atoms with E-state index in [-0.39, 0.29) is 17.7 Å². The van der Waals surface area contributed by atoms with Gasteiger partial charge in [-0.1, -0.05) is 12.2 Å². The van der Waals surface area contributed by atoms with Gasteiger partial charge in [-0.15, -0.1) is 0 Å². The normalized spacial score (nSPS) is 29.8. The molecule has 0 radical (unpaired) electrons. The molecule has 4 atom stereocenters. The average molecular weight is 289 g/mol. The van der Waals surface area contributed by atoms with E-state index >= 15 is 0 Å². The first kappa shape index (κ1) is 13.9. The van der Waals surface area contributed by atoms with Crippen LogP contribution in [-0.4, -0.2) is 28.9 Å². The summed E-state index contributed by atoms with van der Waals surface area (Å²) in [4.78, 5) is 25.7. The smallest absolute Gasteiger partial charge is 0.307 e. The molecule has 1 fully saturated rings. The summed E-state index contributed by atoms with van der Waals surface area (Å²) in [6.45, 7) is 2.23. The van der Waals surface area contributed by atoms with Crippen molar-refractivity contribution in [3.63, 3.8) is 0 Å². The highest BCUT2D eigenvalue weighted by molar-refractivity contribution is 5.86. The van der Waals surface area contributed by atoms with Gasteiger partial charge in [-0.05, 0) is 37.3 Å². The molecular formula is C16H19NO4. The summed E-state index contributed by atoms with van der Waals surface area (Å²) < 4.78 is 5.48.